The summed E-state index contributed by atoms with van der Waals surface area (Å²) in [7, 11) is 0. The van der Waals surface area contributed by atoms with Crippen molar-refractivity contribution < 1.29 is 0 Å². The quantitative estimate of drug-likeness (QED) is 0.488. The number of nitrogens with one attached hydrogen (secondary N) is 1. The number of hydrogen-bond acceptors (Lipinski definition) is 6. The average Bonchev–Trinajstić information content (AvgIpc) is 2.94. The number of fused-ring (bicyclic) bond motifs is 1. The minimum Gasteiger partial charge on any atom is -0.308 e. The zero-order valence-electron chi connectivity index (χ0n) is 10.6. The van der Waals surface area contributed by atoms with Gasteiger partial charge < -0.3 is 5.43 Å². The van der Waals surface area contributed by atoms with E-state index in [-0.39, 0.29) is 0 Å². The summed E-state index contributed by atoms with van der Waals surface area (Å²) in [6.07, 6.45) is 0. The Hall–Kier alpha value is -0.760. The number of nitrogens with zero attached hydrogens (tertiary/aromatic N) is 2. The average molecular weight is 369 g/mol. The maximum absolute atomic E-state index is 5.56. The van der Waals surface area contributed by atoms with E-state index in [1.165, 1.54) is 4.90 Å². The molecular formula is C13H13BrN4S2. The van der Waals surface area contributed by atoms with Crippen LogP contribution in [0.2, 0.25) is 0 Å². The van der Waals surface area contributed by atoms with Crippen LogP contribution in [-0.2, 0) is 17.3 Å². The molecule has 0 saturated heterocycles. The summed E-state index contributed by atoms with van der Waals surface area (Å²) in [5.41, 5.74) is 4.95. The van der Waals surface area contributed by atoms with E-state index >= 15 is 0 Å². The number of halogens is 1. The first-order valence-electron chi connectivity index (χ1n) is 6.08. The van der Waals surface area contributed by atoms with E-state index in [1.54, 1.807) is 11.8 Å². The number of rotatable bonds is 4. The molecule has 2 aromatic rings. The van der Waals surface area contributed by atoms with E-state index in [1.807, 2.05) is 30.0 Å². The molecule has 1 aliphatic heterocycles. The second-order valence-corrected chi connectivity index (χ2v) is 7.13. The first-order chi connectivity index (χ1) is 9.78. The Balaban J connectivity index is 1.80. The van der Waals surface area contributed by atoms with Gasteiger partial charge in [-0.05, 0) is 28.1 Å². The van der Waals surface area contributed by atoms with E-state index < -0.39 is 0 Å². The topological polar surface area (TPSA) is 63.8 Å². The van der Waals surface area contributed by atoms with Crippen LogP contribution >= 0.6 is 39.5 Å². The monoisotopic (exact) mass is 368 g/mol. The molecule has 4 nitrogen and oxygen atoms in total. The Bertz CT molecular complexity index is 636. The molecule has 3 N–H and O–H groups in total. The SMILES string of the molecule is NNc1nc(CSc2ccccc2Br)nc2c1CSC2. The van der Waals surface area contributed by atoms with Gasteiger partial charge in [0.15, 0.2) is 0 Å². The Morgan fingerprint density at radius 3 is 2.95 bits per heavy atom. The van der Waals surface area contributed by atoms with Crippen LogP contribution in [0.1, 0.15) is 17.1 Å². The predicted molar refractivity (Wildman–Crippen MR) is 88.5 cm³/mol. The zero-order valence-corrected chi connectivity index (χ0v) is 13.8. The van der Waals surface area contributed by atoms with Gasteiger partial charge in [0.25, 0.3) is 0 Å². The molecule has 3 rings (SSSR count). The van der Waals surface area contributed by atoms with Crippen LogP contribution in [-0.4, -0.2) is 9.97 Å². The molecule has 0 saturated carbocycles. The highest BCUT2D eigenvalue weighted by atomic mass is 79.9. The fourth-order valence-electron chi connectivity index (χ4n) is 1.99. The standard InChI is InChI=1S/C13H13BrN4S2/c14-9-3-1-2-4-11(9)20-7-12-16-10-6-19-5-8(10)13(17-12)18-15/h1-4H,5-7,15H2,(H,16,17,18). The van der Waals surface area contributed by atoms with Gasteiger partial charge in [0, 0.05) is 26.4 Å². The van der Waals surface area contributed by atoms with Crippen molar-refractivity contribution >= 4 is 45.3 Å². The van der Waals surface area contributed by atoms with Crippen molar-refractivity contribution in [1.29, 1.82) is 0 Å². The molecule has 7 heteroatoms. The third-order valence-electron chi connectivity index (χ3n) is 2.95. The van der Waals surface area contributed by atoms with Gasteiger partial charge in [-0.2, -0.15) is 11.8 Å². The summed E-state index contributed by atoms with van der Waals surface area (Å²) in [5.74, 6) is 9.76. The smallest absolute Gasteiger partial charge is 0.148 e. The van der Waals surface area contributed by atoms with Gasteiger partial charge in [0.1, 0.15) is 11.6 Å². The van der Waals surface area contributed by atoms with Gasteiger partial charge >= 0.3 is 0 Å². The lowest BCUT2D eigenvalue weighted by Gasteiger charge is -2.09. The third-order valence-corrected chi connectivity index (χ3v) is 5.95. The van der Waals surface area contributed by atoms with Crippen LogP contribution in [0.3, 0.4) is 0 Å². The maximum atomic E-state index is 5.56. The van der Waals surface area contributed by atoms with Crippen molar-refractivity contribution in [3.05, 3.63) is 45.8 Å². The summed E-state index contributed by atoms with van der Waals surface area (Å²) in [6, 6.07) is 8.16. The summed E-state index contributed by atoms with van der Waals surface area (Å²) < 4.78 is 1.10. The van der Waals surface area contributed by atoms with Gasteiger partial charge in [-0.3, -0.25) is 0 Å². The number of hydrogen-bond donors (Lipinski definition) is 2. The highest BCUT2D eigenvalue weighted by Gasteiger charge is 2.19. The van der Waals surface area contributed by atoms with Crippen molar-refractivity contribution in [2.45, 2.75) is 22.2 Å². The molecule has 0 radical (unpaired) electrons. The summed E-state index contributed by atoms with van der Waals surface area (Å²) in [6.45, 7) is 0. The molecule has 0 fully saturated rings. The molecule has 0 amide bonds. The molecule has 0 atom stereocenters. The third kappa shape index (κ3) is 2.95. The van der Waals surface area contributed by atoms with E-state index in [9.17, 15) is 0 Å². The Morgan fingerprint density at radius 2 is 2.15 bits per heavy atom. The zero-order chi connectivity index (χ0) is 13.9. The largest absolute Gasteiger partial charge is 0.308 e. The van der Waals surface area contributed by atoms with Gasteiger partial charge in [-0.25, -0.2) is 15.8 Å². The Labute approximate surface area is 134 Å². The number of thioether (sulfide) groups is 2. The van der Waals surface area contributed by atoms with Crippen molar-refractivity contribution in [3.63, 3.8) is 0 Å². The molecular weight excluding hydrogens is 356 g/mol. The fourth-order valence-corrected chi connectivity index (χ4v) is 4.45. The van der Waals surface area contributed by atoms with E-state index in [4.69, 9.17) is 5.84 Å². The minimum atomic E-state index is 0.731. The van der Waals surface area contributed by atoms with Gasteiger partial charge in [0.05, 0.1) is 11.4 Å². The number of nitrogens with two attached hydrogens (primary N) is 1. The van der Waals surface area contributed by atoms with Crippen LogP contribution in [0, 0.1) is 0 Å². The predicted octanol–water partition coefficient (Wildman–Crippen LogP) is 3.56. The molecule has 1 aliphatic rings. The van der Waals surface area contributed by atoms with Crippen LogP contribution in [0.4, 0.5) is 5.82 Å². The van der Waals surface area contributed by atoms with Gasteiger partial charge in [-0.1, -0.05) is 12.1 Å². The molecule has 0 aliphatic carbocycles. The van der Waals surface area contributed by atoms with Crippen LogP contribution in [0.25, 0.3) is 0 Å². The van der Waals surface area contributed by atoms with Gasteiger partial charge in [-0.15, -0.1) is 11.8 Å². The summed E-state index contributed by atoms with van der Waals surface area (Å²) in [5, 5.41) is 0. The molecule has 0 spiro atoms. The van der Waals surface area contributed by atoms with Crippen molar-refractivity contribution in [2.24, 2.45) is 5.84 Å². The Kier molecular flexibility index (Phi) is 4.50. The maximum Gasteiger partial charge on any atom is 0.148 e. The van der Waals surface area contributed by atoms with Crippen molar-refractivity contribution in [2.75, 3.05) is 5.43 Å². The molecule has 1 aromatic heterocycles. The van der Waals surface area contributed by atoms with E-state index in [0.29, 0.717) is 0 Å². The fraction of sp³-hybridized carbons (Fsp3) is 0.231. The molecule has 1 aromatic carbocycles. The first kappa shape index (κ1) is 14.2. The van der Waals surface area contributed by atoms with Gasteiger partial charge in [0.2, 0.25) is 0 Å². The normalized spacial score (nSPS) is 13.3. The molecule has 0 unspecified atom stereocenters. The van der Waals surface area contributed by atoms with Crippen molar-refractivity contribution in [1.82, 2.24) is 9.97 Å². The van der Waals surface area contributed by atoms with E-state index in [2.05, 4.69) is 37.4 Å². The molecule has 20 heavy (non-hydrogen) atoms. The number of aromatic nitrogens is 2. The number of nitrogen functional groups attached to an aromatic ring is 1. The highest BCUT2D eigenvalue weighted by molar-refractivity contribution is 9.10. The summed E-state index contributed by atoms with van der Waals surface area (Å²) in [4.78, 5) is 10.3. The minimum absolute atomic E-state index is 0.731. The number of hydrazine groups is 1. The molecule has 104 valence electrons. The lowest BCUT2D eigenvalue weighted by Crippen LogP contribution is -2.13. The lowest BCUT2D eigenvalue weighted by molar-refractivity contribution is 0.969. The number of anilines is 1. The Morgan fingerprint density at radius 1 is 1.30 bits per heavy atom. The van der Waals surface area contributed by atoms with Crippen LogP contribution in [0.5, 0.6) is 0 Å². The van der Waals surface area contributed by atoms with Crippen LogP contribution in [0.15, 0.2) is 33.6 Å². The lowest BCUT2D eigenvalue weighted by atomic mass is 10.2. The highest BCUT2D eigenvalue weighted by Crippen LogP contribution is 2.34. The second kappa shape index (κ2) is 6.34. The summed E-state index contributed by atoms with van der Waals surface area (Å²) >= 11 is 7.11. The number of benzene rings is 1. The van der Waals surface area contributed by atoms with Crippen molar-refractivity contribution in [3.8, 4) is 0 Å². The molecule has 0 bridgehead atoms. The van der Waals surface area contributed by atoms with E-state index in [0.717, 1.165) is 44.6 Å². The first-order valence-corrected chi connectivity index (χ1v) is 9.01. The van der Waals surface area contributed by atoms with Crippen LogP contribution < -0.4 is 11.3 Å². The second-order valence-electron chi connectivity index (χ2n) is 4.27. The molecule has 2 heterocycles.